The van der Waals surface area contributed by atoms with Crippen LogP contribution >= 0.6 is 0 Å². The standard InChI is InChI=1S/C19H37N7O6/c1-5-9(2)13(20)16(29)25-12(7-6-8-23-19(21)22)15(28)26-14(11(4)27)17(30)24-10(3)18(31)32/h9-14,27H,5-8,20H2,1-4H3,(H,24,30)(H,25,29)(H,26,28)(H,31,32)(H4,21,22,23). The molecule has 0 rings (SSSR count). The number of hydrogen-bond acceptors (Lipinski definition) is 7. The van der Waals surface area contributed by atoms with Crippen LogP contribution < -0.4 is 33.2 Å². The van der Waals surface area contributed by atoms with Gasteiger partial charge < -0.3 is 43.4 Å². The summed E-state index contributed by atoms with van der Waals surface area (Å²) in [7, 11) is 0. The van der Waals surface area contributed by atoms with E-state index in [1.807, 2.05) is 6.92 Å². The predicted molar refractivity (Wildman–Crippen MR) is 118 cm³/mol. The number of carboxylic acid groups (broad SMARTS) is 1. The number of aliphatic hydroxyl groups is 1. The highest BCUT2D eigenvalue weighted by atomic mass is 16.4. The fraction of sp³-hybridized carbons (Fsp3) is 0.737. The molecule has 0 aliphatic carbocycles. The normalized spacial score (nSPS) is 16.4. The van der Waals surface area contributed by atoms with Gasteiger partial charge in [-0.25, -0.2) is 0 Å². The highest BCUT2D eigenvalue weighted by molar-refractivity contribution is 5.94. The number of aliphatic hydroxyl groups excluding tert-OH is 1. The van der Waals surface area contributed by atoms with Crippen LogP contribution in [0.15, 0.2) is 4.99 Å². The predicted octanol–water partition coefficient (Wildman–Crippen LogP) is -2.65. The number of nitrogens with zero attached hydrogens (tertiary/aromatic N) is 1. The molecule has 6 atom stereocenters. The Morgan fingerprint density at radius 2 is 1.56 bits per heavy atom. The molecule has 0 aromatic heterocycles. The fourth-order valence-corrected chi connectivity index (χ4v) is 2.58. The van der Waals surface area contributed by atoms with Gasteiger partial charge in [0, 0.05) is 6.54 Å². The van der Waals surface area contributed by atoms with Gasteiger partial charge in [-0.15, -0.1) is 0 Å². The molecular formula is C19H37N7O6. The number of aliphatic carboxylic acids is 1. The van der Waals surface area contributed by atoms with E-state index in [-0.39, 0.29) is 24.8 Å². The van der Waals surface area contributed by atoms with Crippen molar-refractivity contribution >= 4 is 29.7 Å². The molecule has 13 nitrogen and oxygen atoms in total. The Morgan fingerprint density at radius 1 is 0.969 bits per heavy atom. The van der Waals surface area contributed by atoms with Crippen molar-refractivity contribution in [3.05, 3.63) is 0 Å². The van der Waals surface area contributed by atoms with Crippen LogP contribution in [-0.2, 0) is 19.2 Å². The lowest BCUT2D eigenvalue weighted by molar-refractivity contribution is -0.142. The monoisotopic (exact) mass is 459 g/mol. The highest BCUT2D eigenvalue weighted by Gasteiger charge is 2.32. The first-order valence-corrected chi connectivity index (χ1v) is 10.4. The zero-order valence-electron chi connectivity index (χ0n) is 19.0. The van der Waals surface area contributed by atoms with Crippen molar-refractivity contribution in [2.45, 2.75) is 77.2 Å². The molecule has 11 N–H and O–H groups in total. The first-order valence-electron chi connectivity index (χ1n) is 10.4. The van der Waals surface area contributed by atoms with Crippen LogP contribution in [0.2, 0.25) is 0 Å². The van der Waals surface area contributed by atoms with Crippen LogP contribution in [-0.4, -0.2) is 76.7 Å². The average molecular weight is 460 g/mol. The molecule has 0 fully saturated rings. The lowest BCUT2D eigenvalue weighted by Crippen LogP contribution is -2.59. The number of aliphatic imine (C=N–C) groups is 1. The first kappa shape index (κ1) is 29.1. The van der Waals surface area contributed by atoms with Crippen molar-refractivity contribution in [3.63, 3.8) is 0 Å². The molecule has 0 aromatic carbocycles. The van der Waals surface area contributed by atoms with Crippen molar-refractivity contribution in [1.29, 1.82) is 0 Å². The van der Waals surface area contributed by atoms with Gasteiger partial charge in [0.15, 0.2) is 5.96 Å². The topological polar surface area (TPSA) is 235 Å². The molecule has 0 radical (unpaired) electrons. The fourth-order valence-electron chi connectivity index (χ4n) is 2.58. The van der Waals surface area contributed by atoms with E-state index in [1.165, 1.54) is 13.8 Å². The molecule has 13 heteroatoms. The largest absolute Gasteiger partial charge is 0.480 e. The van der Waals surface area contributed by atoms with Gasteiger partial charge in [0.1, 0.15) is 18.1 Å². The van der Waals surface area contributed by atoms with Crippen molar-refractivity contribution in [2.75, 3.05) is 6.54 Å². The average Bonchev–Trinajstić information content (AvgIpc) is 2.71. The number of guanidine groups is 1. The smallest absolute Gasteiger partial charge is 0.325 e. The zero-order valence-corrected chi connectivity index (χ0v) is 19.0. The Kier molecular flexibility index (Phi) is 12.9. The molecule has 3 amide bonds. The van der Waals surface area contributed by atoms with Crippen LogP contribution in [0.25, 0.3) is 0 Å². The van der Waals surface area contributed by atoms with Crippen molar-refractivity contribution < 1.29 is 29.4 Å². The van der Waals surface area contributed by atoms with E-state index in [2.05, 4.69) is 20.9 Å². The molecule has 0 saturated carbocycles. The van der Waals surface area contributed by atoms with Gasteiger partial charge in [-0.1, -0.05) is 20.3 Å². The summed E-state index contributed by atoms with van der Waals surface area (Å²) in [6.07, 6.45) is -0.222. The van der Waals surface area contributed by atoms with Crippen molar-refractivity contribution in [3.8, 4) is 0 Å². The second kappa shape index (κ2) is 14.2. The summed E-state index contributed by atoms with van der Waals surface area (Å²) in [6, 6.07) is -4.60. The molecule has 0 heterocycles. The number of nitrogens with two attached hydrogens (primary N) is 3. The quantitative estimate of drug-likeness (QED) is 0.0768. The molecule has 0 aromatic rings. The summed E-state index contributed by atoms with van der Waals surface area (Å²) in [4.78, 5) is 52.5. The summed E-state index contributed by atoms with van der Waals surface area (Å²) >= 11 is 0. The Morgan fingerprint density at radius 3 is 2.03 bits per heavy atom. The molecule has 32 heavy (non-hydrogen) atoms. The SMILES string of the molecule is CCC(C)C(N)C(=O)NC(CCCN=C(N)N)C(=O)NC(C(=O)NC(C)C(=O)O)C(C)O. The molecule has 0 aliphatic rings. The molecule has 6 unspecified atom stereocenters. The first-order chi connectivity index (χ1) is 14.8. The Bertz CT molecular complexity index is 681. The van der Waals surface area contributed by atoms with Crippen LogP contribution in [0.5, 0.6) is 0 Å². The Hall–Kier alpha value is -2.93. The number of carboxylic acids is 1. The summed E-state index contributed by atoms with van der Waals surface area (Å²) < 4.78 is 0. The summed E-state index contributed by atoms with van der Waals surface area (Å²) in [5.74, 6) is -3.70. The zero-order chi connectivity index (χ0) is 25.0. The third kappa shape index (κ3) is 10.4. The van der Waals surface area contributed by atoms with Crippen LogP contribution in [0, 0.1) is 5.92 Å². The van der Waals surface area contributed by atoms with Gasteiger partial charge in [-0.2, -0.15) is 0 Å². The van der Waals surface area contributed by atoms with Crippen molar-refractivity contribution in [1.82, 2.24) is 16.0 Å². The van der Waals surface area contributed by atoms with E-state index in [0.29, 0.717) is 12.8 Å². The second-order valence-corrected chi connectivity index (χ2v) is 7.72. The van der Waals surface area contributed by atoms with E-state index in [0.717, 1.165) is 0 Å². The van der Waals surface area contributed by atoms with Gasteiger partial charge >= 0.3 is 5.97 Å². The number of amides is 3. The molecular weight excluding hydrogens is 422 g/mol. The van der Waals surface area contributed by atoms with Crippen molar-refractivity contribution in [2.24, 2.45) is 28.1 Å². The number of carbonyl (C=O) groups is 4. The van der Waals surface area contributed by atoms with Gasteiger partial charge in [0.2, 0.25) is 17.7 Å². The lowest BCUT2D eigenvalue weighted by atomic mass is 9.98. The maximum absolute atomic E-state index is 12.8. The number of rotatable bonds is 14. The third-order valence-electron chi connectivity index (χ3n) is 4.93. The molecule has 0 spiro atoms. The van der Waals surface area contributed by atoms with E-state index in [9.17, 15) is 24.3 Å². The number of nitrogens with one attached hydrogen (secondary N) is 3. The summed E-state index contributed by atoms with van der Waals surface area (Å²) in [6.45, 7) is 6.39. The Balaban J connectivity index is 5.43. The molecule has 0 aliphatic heterocycles. The molecule has 0 bridgehead atoms. The summed E-state index contributed by atoms with van der Waals surface area (Å²) in [5.41, 5.74) is 16.5. The van der Waals surface area contributed by atoms with Gasteiger partial charge in [0.05, 0.1) is 12.1 Å². The molecule has 184 valence electrons. The van der Waals surface area contributed by atoms with Gasteiger partial charge in [-0.3, -0.25) is 24.2 Å². The number of carbonyl (C=O) groups excluding carboxylic acids is 3. The maximum Gasteiger partial charge on any atom is 0.325 e. The van der Waals surface area contributed by atoms with Gasteiger partial charge in [0.25, 0.3) is 0 Å². The molecule has 0 saturated heterocycles. The number of hydrogen-bond donors (Lipinski definition) is 8. The van der Waals surface area contributed by atoms with Crippen LogP contribution in [0.1, 0.15) is 47.0 Å². The van der Waals surface area contributed by atoms with Gasteiger partial charge in [-0.05, 0) is 32.6 Å². The van der Waals surface area contributed by atoms with Crippen LogP contribution in [0.4, 0.5) is 0 Å². The van der Waals surface area contributed by atoms with E-state index in [1.54, 1.807) is 6.92 Å². The van der Waals surface area contributed by atoms with E-state index < -0.39 is 54.0 Å². The maximum atomic E-state index is 12.8. The summed E-state index contributed by atoms with van der Waals surface area (Å²) in [5, 5.41) is 26.0. The minimum Gasteiger partial charge on any atom is -0.480 e. The highest BCUT2D eigenvalue weighted by Crippen LogP contribution is 2.07. The Labute approximate surface area is 187 Å². The van der Waals surface area contributed by atoms with Crippen LogP contribution in [0.3, 0.4) is 0 Å². The van der Waals surface area contributed by atoms with E-state index >= 15 is 0 Å². The minimum atomic E-state index is -1.44. The lowest BCUT2D eigenvalue weighted by Gasteiger charge is -2.26. The second-order valence-electron chi connectivity index (χ2n) is 7.72. The third-order valence-corrected chi connectivity index (χ3v) is 4.93. The van der Waals surface area contributed by atoms with E-state index in [4.69, 9.17) is 22.3 Å². The minimum absolute atomic E-state index is 0.118.